The maximum atomic E-state index is 12.5. The molecular weight excluding hydrogens is 382 g/mol. The molecule has 0 fully saturated rings. The summed E-state index contributed by atoms with van der Waals surface area (Å²) in [6.45, 7) is 10.2. The summed E-state index contributed by atoms with van der Waals surface area (Å²) in [5.74, 6) is -0.147. The lowest BCUT2D eigenvalue weighted by atomic mass is 10.1. The molecule has 0 radical (unpaired) electrons. The molecule has 0 bridgehead atoms. The lowest BCUT2D eigenvalue weighted by Gasteiger charge is -2.20. The first-order chi connectivity index (χ1) is 12.8. The van der Waals surface area contributed by atoms with Crippen molar-refractivity contribution in [2.24, 2.45) is 0 Å². The minimum atomic E-state index is -3.80. The lowest BCUT2D eigenvalue weighted by molar-refractivity contribution is 0.0845. The van der Waals surface area contributed by atoms with Crippen LogP contribution in [0.1, 0.15) is 58.6 Å². The van der Waals surface area contributed by atoms with Crippen LogP contribution in [0.5, 0.6) is 0 Å². The van der Waals surface area contributed by atoms with Crippen LogP contribution in [0.25, 0.3) is 0 Å². The van der Waals surface area contributed by atoms with Crippen molar-refractivity contribution in [1.82, 2.24) is 15.6 Å². The van der Waals surface area contributed by atoms with Crippen molar-refractivity contribution in [1.29, 1.82) is 0 Å². The van der Waals surface area contributed by atoms with Gasteiger partial charge in [0.15, 0.2) is 0 Å². The van der Waals surface area contributed by atoms with Gasteiger partial charge < -0.3 is 4.42 Å². The highest BCUT2D eigenvalue weighted by Gasteiger charge is 2.24. The molecule has 0 aliphatic heterocycles. The summed E-state index contributed by atoms with van der Waals surface area (Å²) in [6, 6.07) is 5.81. The second-order valence-electron chi connectivity index (χ2n) is 7.57. The molecule has 1 aromatic carbocycles. The summed E-state index contributed by atoms with van der Waals surface area (Å²) >= 11 is 0. The van der Waals surface area contributed by atoms with Gasteiger partial charge in [-0.05, 0) is 65.3 Å². The second-order valence-corrected chi connectivity index (χ2v) is 9.25. The van der Waals surface area contributed by atoms with Crippen LogP contribution in [-0.4, -0.2) is 25.8 Å². The van der Waals surface area contributed by atoms with Gasteiger partial charge in [-0.3, -0.25) is 20.4 Å². The van der Waals surface area contributed by atoms with Gasteiger partial charge in [0.25, 0.3) is 11.8 Å². The van der Waals surface area contributed by atoms with Crippen molar-refractivity contribution in [3.05, 3.63) is 52.5 Å². The van der Waals surface area contributed by atoms with Gasteiger partial charge in [0, 0.05) is 11.1 Å². The number of carbonyl (C=O) groups excluding carboxylic acids is 2. The maximum absolute atomic E-state index is 12.5. The minimum Gasteiger partial charge on any atom is -0.466 e. The number of rotatable bonds is 4. The molecule has 0 aliphatic rings. The van der Waals surface area contributed by atoms with E-state index in [4.69, 9.17) is 4.42 Å². The van der Waals surface area contributed by atoms with E-state index in [-0.39, 0.29) is 10.5 Å². The Morgan fingerprint density at radius 2 is 1.50 bits per heavy atom. The molecule has 8 nitrogen and oxygen atoms in total. The van der Waals surface area contributed by atoms with Crippen molar-refractivity contribution >= 4 is 21.8 Å². The fraction of sp³-hybridized carbons (Fsp3) is 0.368. The smallest absolute Gasteiger partial charge is 0.273 e. The van der Waals surface area contributed by atoms with Gasteiger partial charge in [-0.15, -0.1) is 0 Å². The summed E-state index contributed by atoms with van der Waals surface area (Å²) in [7, 11) is -3.80. The second kappa shape index (κ2) is 7.76. The number of hydrogen-bond donors (Lipinski definition) is 3. The molecule has 0 atom stereocenters. The Morgan fingerprint density at radius 3 is 2.00 bits per heavy atom. The highest BCUT2D eigenvalue weighted by molar-refractivity contribution is 7.89. The van der Waals surface area contributed by atoms with E-state index in [0.29, 0.717) is 22.6 Å². The van der Waals surface area contributed by atoms with Crippen molar-refractivity contribution < 1.29 is 22.4 Å². The zero-order valence-corrected chi connectivity index (χ0v) is 17.6. The van der Waals surface area contributed by atoms with Gasteiger partial charge in [-0.1, -0.05) is 6.07 Å². The molecule has 28 heavy (non-hydrogen) atoms. The molecule has 0 spiro atoms. The molecule has 1 aromatic heterocycles. The third-order valence-electron chi connectivity index (χ3n) is 3.78. The number of hydrazine groups is 1. The average molecular weight is 407 g/mol. The van der Waals surface area contributed by atoms with Crippen molar-refractivity contribution in [3.63, 3.8) is 0 Å². The molecule has 1 heterocycles. The van der Waals surface area contributed by atoms with Crippen LogP contribution in [0, 0.1) is 20.8 Å². The number of furan rings is 1. The Morgan fingerprint density at radius 1 is 0.929 bits per heavy atom. The molecule has 0 saturated carbocycles. The van der Waals surface area contributed by atoms with Crippen LogP contribution in [-0.2, 0) is 10.0 Å². The first-order valence-corrected chi connectivity index (χ1v) is 10.1. The lowest BCUT2D eigenvalue weighted by Crippen LogP contribution is -2.42. The van der Waals surface area contributed by atoms with Gasteiger partial charge in [0.2, 0.25) is 10.0 Å². The number of benzene rings is 1. The van der Waals surface area contributed by atoms with Gasteiger partial charge in [-0.2, -0.15) is 0 Å². The third-order valence-corrected chi connectivity index (χ3v) is 5.54. The molecule has 0 saturated heterocycles. The van der Waals surface area contributed by atoms with E-state index in [1.807, 2.05) is 0 Å². The fourth-order valence-electron chi connectivity index (χ4n) is 2.58. The van der Waals surface area contributed by atoms with E-state index in [1.54, 1.807) is 47.6 Å². The van der Waals surface area contributed by atoms with E-state index in [9.17, 15) is 18.0 Å². The monoisotopic (exact) mass is 407 g/mol. The standard InChI is InChI=1S/C19H25N3O5S/c1-11-7-8-14(28(25,26)22-19(4,5)6)10-15(11)17(23)20-21-18(24)16-9-12(2)27-13(16)3/h7-10,22H,1-6H3,(H,20,23)(H,21,24). The molecular formula is C19H25N3O5S. The normalized spacial score (nSPS) is 11.9. The average Bonchev–Trinajstić information content (AvgIpc) is 2.88. The van der Waals surface area contributed by atoms with Crippen LogP contribution in [0.3, 0.4) is 0 Å². The summed E-state index contributed by atoms with van der Waals surface area (Å²) in [5, 5.41) is 0. The van der Waals surface area contributed by atoms with Crippen LogP contribution in [0.4, 0.5) is 0 Å². The Balaban J connectivity index is 2.19. The molecule has 2 rings (SSSR count). The van der Waals surface area contributed by atoms with E-state index < -0.39 is 27.4 Å². The van der Waals surface area contributed by atoms with Crippen LogP contribution in [0.15, 0.2) is 33.6 Å². The maximum Gasteiger partial charge on any atom is 0.273 e. The number of hydrogen-bond acceptors (Lipinski definition) is 5. The minimum absolute atomic E-state index is 0.0363. The Kier molecular flexibility index (Phi) is 6.00. The predicted octanol–water partition coefficient (Wildman–Crippen LogP) is 2.36. The quantitative estimate of drug-likeness (QED) is 0.673. The van der Waals surface area contributed by atoms with Crippen LogP contribution < -0.4 is 15.6 Å². The highest BCUT2D eigenvalue weighted by Crippen LogP contribution is 2.18. The van der Waals surface area contributed by atoms with Gasteiger partial charge in [-0.25, -0.2) is 13.1 Å². The number of amides is 2. The Labute approximate surface area is 164 Å². The number of carbonyl (C=O) groups is 2. The summed E-state index contributed by atoms with van der Waals surface area (Å²) < 4.78 is 32.8. The van der Waals surface area contributed by atoms with E-state index >= 15 is 0 Å². The largest absolute Gasteiger partial charge is 0.466 e. The van der Waals surface area contributed by atoms with Gasteiger partial charge >= 0.3 is 0 Å². The molecule has 0 aliphatic carbocycles. The zero-order valence-electron chi connectivity index (χ0n) is 16.8. The van der Waals surface area contributed by atoms with E-state index in [0.717, 1.165) is 0 Å². The van der Waals surface area contributed by atoms with Gasteiger partial charge in [0.1, 0.15) is 11.5 Å². The van der Waals surface area contributed by atoms with Crippen LogP contribution in [0.2, 0.25) is 0 Å². The Bertz CT molecular complexity index is 1020. The molecule has 3 N–H and O–H groups in total. The van der Waals surface area contributed by atoms with Crippen molar-refractivity contribution in [3.8, 4) is 0 Å². The highest BCUT2D eigenvalue weighted by atomic mass is 32.2. The SMILES string of the molecule is Cc1cc(C(=O)NNC(=O)c2cc(S(=O)(=O)NC(C)(C)C)ccc2C)c(C)o1. The number of nitrogens with one attached hydrogen (secondary N) is 3. The topological polar surface area (TPSA) is 118 Å². The van der Waals surface area contributed by atoms with Crippen molar-refractivity contribution in [2.45, 2.75) is 52.0 Å². The summed E-state index contributed by atoms with van der Waals surface area (Å²) in [5.41, 5.74) is 4.96. The zero-order chi connectivity index (χ0) is 21.3. The van der Waals surface area contributed by atoms with E-state index in [2.05, 4.69) is 15.6 Å². The van der Waals surface area contributed by atoms with Crippen LogP contribution >= 0.6 is 0 Å². The molecule has 2 aromatic rings. The summed E-state index contributed by atoms with van der Waals surface area (Å²) in [6.07, 6.45) is 0. The Hall–Kier alpha value is -2.65. The summed E-state index contributed by atoms with van der Waals surface area (Å²) in [4.78, 5) is 24.6. The van der Waals surface area contributed by atoms with Gasteiger partial charge in [0.05, 0.1) is 10.5 Å². The number of aryl methyl sites for hydroxylation is 3. The first-order valence-electron chi connectivity index (χ1n) is 8.62. The van der Waals surface area contributed by atoms with E-state index in [1.165, 1.54) is 18.2 Å². The predicted molar refractivity (Wildman–Crippen MR) is 104 cm³/mol. The fourth-order valence-corrected chi connectivity index (χ4v) is 4.02. The molecule has 0 unspecified atom stereocenters. The first kappa shape index (κ1) is 21.6. The molecule has 152 valence electrons. The van der Waals surface area contributed by atoms with Crippen molar-refractivity contribution in [2.75, 3.05) is 0 Å². The third kappa shape index (κ3) is 5.20. The molecule has 2 amide bonds. The number of sulfonamides is 1. The molecule has 9 heteroatoms.